The average molecular weight is 163 g/mol. The third kappa shape index (κ3) is 0.706. The molecule has 12 heavy (non-hydrogen) atoms. The van der Waals surface area contributed by atoms with Crippen LogP contribution in [-0.2, 0) is 0 Å². The van der Waals surface area contributed by atoms with Crippen LogP contribution < -0.4 is 16.2 Å². The first-order chi connectivity index (χ1) is 5.66. The van der Waals surface area contributed by atoms with E-state index in [4.69, 9.17) is 0 Å². The molecule has 0 fully saturated rings. The fourth-order valence-electron chi connectivity index (χ4n) is 1.48. The van der Waals surface area contributed by atoms with Crippen molar-refractivity contribution in [1.82, 2.24) is 0 Å². The Kier molecular flexibility index (Phi) is 1.25. The maximum Gasteiger partial charge on any atom is 0.249 e. The summed E-state index contributed by atoms with van der Waals surface area (Å²) in [7, 11) is 1.66. The van der Waals surface area contributed by atoms with Crippen molar-refractivity contribution in [2.24, 2.45) is 0 Å². The lowest BCUT2D eigenvalue weighted by Gasteiger charge is -2.08. The molecule has 62 valence electrons. The second-order valence-electron chi connectivity index (χ2n) is 3.09. The van der Waals surface area contributed by atoms with Gasteiger partial charge < -0.3 is 5.32 Å². The van der Waals surface area contributed by atoms with E-state index >= 15 is 0 Å². The molecule has 1 aromatic carbocycles. The molecular formula is C9H9NO2. The highest BCUT2D eigenvalue weighted by Crippen LogP contribution is 2.39. The molecule has 1 N–H and O–H groups in total. The molecule has 0 saturated heterocycles. The maximum atomic E-state index is 11.1. The van der Waals surface area contributed by atoms with E-state index in [1.54, 1.807) is 7.05 Å². The molecule has 0 spiro atoms. The van der Waals surface area contributed by atoms with Crippen molar-refractivity contribution >= 4 is 5.69 Å². The minimum absolute atomic E-state index is 0.151. The Labute approximate surface area is 69.4 Å². The van der Waals surface area contributed by atoms with Crippen molar-refractivity contribution in [3.05, 3.63) is 37.7 Å². The van der Waals surface area contributed by atoms with E-state index in [1.807, 2.05) is 13.0 Å². The molecule has 3 nitrogen and oxygen atoms in total. The van der Waals surface area contributed by atoms with Crippen molar-refractivity contribution in [3.8, 4) is 0 Å². The van der Waals surface area contributed by atoms with Gasteiger partial charge in [-0.15, -0.1) is 0 Å². The van der Waals surface area contributed by atoms with E-state index in [9.17, 15) is 9.59 Å². The van der Waals surface area contributed by atoms with Crippen LogP contribution >= 0.6 is 0 Å². The lowest BCUT2D eigenvalue weighted by molar-refractivity contribution is 1.09. The lowest BCUT2D eigenvalue weighted by atomic mass is 10.00. The van der Waals surface area contributed by atoms with Gasteiger partial charge in [0.25, 0.3) is 0 Å². The Morgan fingerprint density at radius 3 is 2.33 bits per heavy atom. The first-order valence-electron chi connectivity index (χ1n) is 3.86. The van der Waals surface area contributed by atoms with Crippen LogP contribution in [-0.4, -0.2) is 7.05 Å². The Hall–Kier alpha value is -1.38. The van der Waals surface area contributed by atoms with Crippen LogP contribution in [0.1, 0.15) is 18.4 Å². The summed E-state index contributed by atoms with van der Waals surface area (Å²) in [5.74, 6) is 0.151. The molecule has 0 heterocycles. The zero-order chi connectivity index (χ0) is 8.88. The van der Waals surface area contributed by atoms with E-state index < -0.39 is 0 Å². The van der Waals surface area contributed by atoms with Gasteiger partial charge in [-0.2, -0.15) is 0 Å². The van der Waals surface area contributed by atoms with Crippen LogP contribution in [0, 0.1) is 0 Å². The Balaban J connectivity index is 2.40. The van der Waals surface area contributed by atoms with Gasteiger partial charge in [0.1, 0.15) is 0 Å². The van der Waals surface area contributed by atoms with Crippen LogP contribution in [0.4, 0.5) is 5.69 Å². The highest BCUT2D eigenvalue weighted by Gasteiger charge is 2.32. The Bertz CT molecular complexity index is 435. The molecule has 1 atom stereocenters. The Morgan fingerprint density at radius 1 is 1.33 bits per heavy atom. The van der Waals surface area contributed by atoms with E-state index in [2.05, 4.69) is 5.32 Å². The molecule has 0 radical (unpaired) electrons. The minimum atomic E-state index is -0.374. The molecule has 1 aliphatic carbocycles. The molecule has 2 rings (SSSR count). The average Bonchev–Trinajstić information content (AvgIpc) is 2.75. The number of hydrogen-bond donors (Lipinski definition) is 1. The molecule has 3 heteroatoms. The standard InChI is InChI=1S/C9H9NO2/c1-4-3-5(4)6-7(10-2)9(12)8(6)11/h3,5,10H,1-2H3. The summed E-state index contributed by atoms with van der Waals surface area (Å²) in [6.45, 7) is 1.96. The van der Waals surface area contributed by atoms with Gasteiger partial charge >= 0.3 is 0 Å². The Morgan fingerprint density at radius 2 is 1.92 bits per heavy atom. The van der Waals surface area contributed by atoms with Crippen molar-refractivity contribution in [3.63, 3.8) is 0 Å². The molecule has 1 aliphatic rings. The summed E-state index contributed by atoms with van der Waals surface area (Å²) < 4.78 is 0. The van der Waals surface area contributed by atoms with Gasteiger partial charge in [-0.25, -0.2) is 0 Å². The monoisotopic (exact) mass is 163 g/mol. The SMILES string of the molecule is CNc1c(C2C=C2C)c(=O)c1=O. The van der Waals surface area contributed by atoms with Crippen molar-refractivity contribution < 1.29 is 0 Å². The lowest BCUT2D eigenvalue weighted by Crippen LogP contribution is -2.37. The molecule has 0 aromatic heterocycles. The summed E-state index contributed by atoms with van der Waals surface area (Å²) in [6.07, 6.45) is 1.98. The van der Waals surface area contributed by atoms with E-state index in [0.717, 1.165) is 0 Å². The summed E-state index contributed by atoms with van der Waals surface area (Å²) in [5, 5.41) is 2.75. The van der Waals surface area contributed by atoms with Gasteiger partial charge in [0.15, 0.2) is 0 Å². The summed E-state index contributed by atoms with van der Waals surface area (Å²) in [5.41, 5.74) is 1.63. The van der Waals surface area contributed by atoms with Gasteiger partial charge in [-0.3, -0.25) is 9.59 Å². The highest BCUT2D eigenvalue weighted by molar-refractivity contribution is 5.64. The van der Waals surface area contributed by atoms with Crippen molar-refractivity contribution in [2.75, 3.05) is 12.4 Å². The van der Waals surface area contributed by atoms with Crippen LogP contribution in [0.5, 0.6) is 0 Å². The third-order valence-corrected chi connectivity index (χ3v) is 2.32. The van der Waals surface area contributed by atoms with Gasteiger partial charge in [0.2, 0.25) is 10.9 Å². The fraction of sp³-hybridized carbons (Fsp3) is 0.333. The third-order valence-electron chi connectivity index (χ3n) is 2.32. The first-order valence-corrected chi connectivity index (χ1v) is 3.86. The number of nitrogens with one attached hydrogen (secondary N) is 1. The predicted molar refractivity (Wildman–Crippen MR) is 47.4 cm³/mol. The molecular weight excluding hydrogens is 154 g/mol. The smallest absolute Gasteiger partial charge is 0.249 e. The van der Waals surface area contributed by atoms with E-state index in [0.29, 0.717) is 11.3 Å². The molecule has 0 aliphatic heterocycles. The highest BCUT2D eigenvalue weighted by atomic mass is 16.2. The van der Waals surface area contributed by atoms with Crippen LogP contribution in [0.25, 0.3) is 0 Å². The van der Waals surface area contributed by atoms with Crippen molar-refractivity contribution in [1.29, 1.82) is 0 Å². The van der Waals surface area contributed by atoms with E-state index in [1.165, 1.54) is 5.57 Å². The molecule has 0 bridgehead atoms. The molecule has 1 aromatic rings. The normalized spacial score (nSPS) is 20.8. The second kappa shape index (κ2) is 2.06. The van der Waals surface area contributed by atoms with Gasteiger partial charge in [-0.05, 0) is 6.92 Å². The largest absolute Gasteiger partial charge is 0.384 e. The van der Waals surface area contributed by atoms with Crippen LogP contribution in [0.2, 0.25) is 0 Å². The van der Waals surface area contributed by atoms with Gasteiger partial charge in [0, 0.05) is 18.5 Å². The summed E-state index contributed by atoms with van der Waals surface area (Å²) in [4.78, 5) is 22.0. The minimum Gasteiger partial charge on any atom is -0.384 e. The summed E-state index contributed by atoms with van der Waals surface area (Å²) >= 11 is 0. The van der Waals surface area contributed by atoms with Gasteiger partial charge in [0.05, 0.1) is 5.69 Å². The number of hydrogen-bond acceptors (Lipinski definition) is 3. The first kappa shape index (κ1) is 7.28. The summed E-state index contributed by atoms with van der Waals surface area (Å²) in [6, 6.07) is 0. The number of anilines is 1. The molecule has 0 amide bonds. The van der Waals surface area contributed by atoms with Crippen molar-refractivity contribution in [2.45, 2.75) is 12.8 Å². The predicted octanol–water partition coefficient (Wildman–Crippen LogP) is 0.368. The number of allylic oxidation sites excluding steroid dienone is 2. The molecule has 1 unspecified atom stereocenters. The topological polar surface area (TPSA) is 46.2 Å². The maximum absolute atomic E-state index is 11.1. The van der Waals surface area contributed by atoms with E-state index in [-0.39, 0.29) is 16.8 Å². The quantitative estimate of drug-likeness (QED) is 0.506. The number of rotatable bonds is 2. The van der Waals surface area contributed by atoms with Crippen LogP contribution in [0.15, 0.2) is 21.2 Å². The fourth-order valence-corrected chi connectivity index (χ4v) is 1.48. The van der Waals surface area contributed by atoms with Gasteiger partial charge in [-0.1, -0.05) is 11.6 Å². The molecule has 0 saturated carbocycles. The second-order valence-corrected chi connectivity index (χ2v) is 3.09. The zero-order valence-corrected chi connectivity index (χ0v) is 6.97. The zero-order valence-electron chi connectivity index (χ0n) is 6.97. The van der Waals surface area contributed by atoms with Crippen LogP contribution in [0.3, 0.4) is 0 Å².